The van der Waals surface area contributed by atoms with Crippen molar-refractivity contribution in [2.24, 2.45) is 4.99 Å². The fourth-order valence-electron chi connectivity index (χ4n) is 3.33. The molecule has 160 valence electrons. The number of aliphatic imine (C=N–C) groups is 1. The third-order valence-electron chi connectivity index (χ3n) is 4.63. The minimum atomic E-state index is -0.511. The lowest BCUT2D eigenvalue weighted by molar-refractivity contribution is 0.177. The number of hydrogen-bond acceptors (Lipinski definition) is 5. The second kappa shape index (κ2) is 12.1. The van der Waals surface area contributed by atoms with Crippen LogP contribution in [0.1, 0.15) is 30.6 Å². The summed E-state index contributed by atoms with van der Waals surface area (Å²) in [7, 11) is 1.65. The van der Waals surface area contributed by atoms with E-state index in [2.05, 4.69) is 25.7 Å². The van der Waals surface area contributed by atoms with Gasteiger partial charge in [-0.2, -0.15) is 5.10 Å². The van der Waals surface area contributed by atoms with Crippen LogP contribution in [0, 0.1) is 0 Å². The number of benzene rings is 1. The number of rotatable bonds is 8. The Balaban J connectivity index is 0.00000300. The lowest BCUT2D eigenvalue weighted by Crippen LogP contribution is -2.47. The van der Waals surface area contributed by atoms with Crippen LogP contribution in [0.5, 0.6) is 0 Å². The molecule has 0 spiro atoms. The van der Waals surface area contributed by atoms with Gasteiger partial charge in [-0.25, -0.2) is 9.67 Å². The molecule has 1 aromatic carbocycles. The summed E-state index contributed by atoms with van der Waals surface area (Å²) in [5.74, 6) is 2.45. The van der Waals surface area contributed by atoms with Crippen LogP contribution in [0.2, 0.25) is 0 Å². The predicted molar refractivity (Wildman–Crippen MR) is 124 cm³/mol. The molecule has 29 heavy (non-hydrogen) atoms. The second-order valence-corrected chi connectivity index (χ2v) is 7.00. The molecule has 9 heteroatoms. The Hall–Kier alpha value is -1.72. The molecule has 2 heterocycles. The minimum absolute atomic E-state index is 0. The van der Waals surface area contributed by atoms with Crippen molar-refractivity contribution in [2.45, 2.75) is 51.5 Å². The highest BCUT2D eigenvalue weighted by Gasteiger charge is 2.22. The molecule has 0 saturated heterocycles. The summed E-state index contributed by atoms with van der Waals surface area (Å²) in [6, 6.07) is 10.2. The minimum Gasteiger partial charge on any atom is -0.391 e. The van der Waals surface area contributed by atoms with Crippen molar-refractivity contribution in [3.05, 3.63) is 47.5 Å². The van der Waals surface area contributed by atoms with Crippen LogP contribution in [0.15, 0.2) is 35.3 Å². The van der Waals surface area contributed by atoms with Crippen LogP contribution in [0.4, 0.5) is 0 Å². The molecule has 2 aromatic rings. The molecule has 0 radical (unpaired) electrons. The highest BCUT2D eigenvalue weighted by molar-refractivity contribution is 14.0. The number of aliphatic hydroxyl groups is 1. The molecule has 2 unspecified atom stereocenters. The van der Waals surface area contributed by atoms with Gasteiger partial charge in [0.2, 0.25) is 0 Å². The molecule has 1 aromatic heterocycles. The Bertz CT molecular complexity index is 768. The first-order valence-electron chi connectivity index (χ1n) is 9.86. The SMILES string of the molecule is CCNC(=NCC(O)Cc1ccccc1)NC1CCc2nc(COC)nn2C1.I. The quantitative estimate of drug-likeness (QED) is 0.281. The second-order valence-electron chi connectivity index (χ2n) is 7.00. The van der Waals surface area contributed by atoms with E-state index in [0.29, 0.717) is 19.6 Å². The topological polar surface area (TPSA) is 96.6 Å². The first-order valence-corrected chi connectivity index (χ1v) is 9.86. The Kier molecular flexibility index (Phi) is 9.82. The summed E-state index contributed by atoms with van der Waals surface area (Å²) in [5.41, 5.74) is 1.11. The van der Waals surface area contributed by atoms with Gasteiger partial charge in [-0.05, 0) is 18.9 Å². The third kappa shape index (κ3) is 7.23. The van der Waals surface area contributed by atoms with Crippen LogP contribution >= 0.6 is 24.0 Å². The van der Waals surface area contributed by atoms with Crippen molar-refractivity contribution >= 4 is 29.9 Å². The number of aryl methyl sites for hydroxylation is 1. The molecule has 1 aliphatic rings. The monoisotopic (exact) mass is 514 g/mol. The highest BCUT2D eigenvalue weighted by atomic mass is 127. The van der Waals surface area contributed by atoms with E-state index < -0.39 is 6.10 Å². The van der Waals surface area contributed by atoms with E-state index in [-0.39, 0.29) is 30.0 Å². The van der Waals surface area contributed by atoms with Crippen molar-refractivity contribution in [3.63, 3.8) is 0 Å². The Morgan fingerprint density at radius 2 is 2.17 bits per heavy atom. The summed E-state index contributed by atoms with van der Waals surface area (Å²) in [6.07, 6.45) is 1.91. The Labute approximate surface area is 189 Å². The predicted octanol–water partition coefficient (Wildman–Crippen LogP) is 1.52. The molecule has 0 bridgehead atoms. The molecule has 1 aliphatic heterocycles. The molecule has 0 fully saturated rings. The van der Waals surface area contributed by atoms with Gasteiger partial charge in [0.05, 0.1) is 19.2 Å². The fraction of sp³-hybridized carbons (Fsp3) is 0.550. The van der Waals surface area contributed by atoms with Gasteiger partial charge in [-0.3, -0.25) is 4.99 Å². The van der Waals surface area contributed by atoms with Crippen LogP contribution in [-0.4, -0.2) is 58.2 Å². The summed E-state index contributed by atoms with van der Waals surface area (Å²) >= 11 is 0. The van der Waals surface area contributed by atoms with Crippen molar-refractivity contribution < 1.29 is 9.84 Å². The summed E-state index contributed by atoms with van der Waals surface area (Å²) in [5, 5.41) is 21.5. The average molecular weight is 514 g/mol. The van der Waals surface area contributed by atoms with Gasteiger partial charge in [0.25, 0.3) is 0 Å². The van der Waals surface area contributed by atoms with Crippen LogP contribution < -0.4 is 10.6 Å². The zero-order valence-electron chi connectivity index (χ0n) is 17.0. The van der Waals surface area contributed by atoms with Crippen molar-refractivity contribution in [2.75, 3.05) is 20.2 Å². The number of aliphatic hydroxyl groups excluding tert-OH is 1. The molecule has 0 amide bonds. The normalized spacial score (nSPS) is 17.2. The molecule has 0 saturated carbocycles. The smallest absolute Gasteiger partial charge is 0.191 e. The Morgan fingerprint density at radius 3 is 2.90 bits per heavy atom. The Morgan fingerprint density at radius 1 is 1.38 bits per heavy atom. The number of ether oxygens (including phenoxy) is 1. The number of methoxy groups -OCH3 is 1. The zero-order chi connectivity index (χ0) is 19.8. The molecular formula is C20H31IN6O2. The van der Waals surface area contributed by atoms with Crippen LogP contribution in [-0.2, 0) is 30.7 Å². The van der Waals surface area contributed by atoms with Crippen molar-refractivity contribution in [1.29, 1.82) is 0 Å². The average Bonchev–Trinajstić information content (AvgIpc) is 3.09. The van der Waals surface area contributed by atoms with Gasteiger partial charge in [-0.15, -0.1) is 24.0 Å². The largest absolute Gasteiger partial charge is 0.391 e. The number of guanidine groups is 1. The van der Waals surface area contributed by atoms with E-state index in [1.165, 1.54) is 0 Å². The van der Waals surface area contributed by atoms with Crippen molar-refractivity contribution in [1.82, 2.24) is 25.4 Å². The van der Waals surface area contributed by atoms with E-state index in [0.717, 1.165) is 49.1 Å². The number of fused-ring (bicyclic) bond motifs is 1. The number of aromatic nitrogens is 3. The molecule has 2 atom stereocenters. The number of halogens is 1. The maximum absolute atomic E-state index is 10.3. The van der Waals surface area contributed by atoms with E-state index in [1.807, 2.05) is 41.9 Å². The van der Waals surface area contributed by atoms with E-state index in [1.54, 1.807) is 7.11 Å². The maximum atomic E-state index is 10.3. The highest BCUT2D eigenvalue weighted by Crippen LogP contribution is 2.13. The van der Waals surface area contributed by atoms with Gasteiger partial charge < -0.3 is 20.5 Å². The zero-order valence-corrected chi connectivity index (χ0v) is 19.4. The summed E-state index contributed by atoms with van der Waals surface area (Å²) in [6.45, 7) is 4.32. The molecule has 8 nitrogen and oxygen atoms in total. The third-order valence-corrected chi connectivity index (χ3v) is 4.63. The molecule has 0 aliphatic carbocycles. The van der Waals surface area contributed by atoms with Gasteiger partial charge in [0.15, 0.2) is 11.8 Å². The molecule has 3 rings (SSSR count). The summed E-state index contributed by atoms with van der Waals surface area (Å²) in [4.78, 5) is 9.08. The molecular weight excluding hydrogens is 483 g/mol. The summed E-state index contributed by atoms with van der Waals surface area (Å²) < 4.78 is 7.07. The molecule has 3 N–H and O–H groups in total. The van der Waals surface area contributed by atoms with E-state index in [9.17, 15) is 5.11 Å². The van der Waals surface area contributed by atoms with E-state index >= 15 is 0 Å². The standard InChI is InChI=1S/C20H30N6O2.HI/c1-3-21-20(22-12-17(27)11-15-7-5-4-6-8-15)23-16-9-10-19-24-18(14-28-2)25-26(19)13-16;/h4-8,16-17,27H,3,9-14H2,1-2H3,(H2,21,22,23);1H. The number of nitrogens with one attached hydrogen (secondary N) is 2. The first kappa shape index (κ1) is 23.6. The lowest BCUT2D eigenvalue weighted by Gasteiger charge is -2.25. The van der Waals surface area contributed by atoms with Gasteiger partial charge >= 0.3 is 0 Å². The van der Waals surface area contributed by atoms with Gasteiger partial charge in [0.1, 0.15) is 12.4 Å². The fourth-order valence-corrected chi connectivity index (χ4v) is 3.33. The number of nitrogens with zero attached hydrogens (tertiary/aromatic N) is 4. The van der Waals surface area contributed by atoms with Crippen molar-refractivity contribution in [3.8, 4) is 0 Å². The van der Waals surface area contributed by atoms with Gasteiger partial charge in [-0.1, -0.05) is 30.3 Å². The van der Waals surface area contributed by atoms with Crippen LogP contribution in [0.25, 0.3) is 0 Å². The van der Waals surface area contributed by atoms with Gasteiger partial charge in [0, 0.05) is 32.5 Å². The van der Waals surface area contributed by atoms with Crippen LogP contribution in [0.3, 0.4) is 0 Å². The van der Waals surface area contributed by atoms with E-state index in [4.69, 9.17) is 4.74 Å². The lowest BCUT2D eigenvalue weighted by atomic mass is 10.1. The first-order chi connectivity index (χ1) is 13.7. The maximum Gasteiger partial charge on any atom is 0.191 e. The number of hydrogen-bond donors (Lipinski definition) is 3.